The molecule has 17 heavy (non-hydrogen) atoms. The average Bonchev–Trinajstić information content (AvgIpc) is 2.36. The van der Waals surface area contributed by atoms with Gasteiger partial charge in [0.1, 0.15) is 0 Å². The van der Waals surface area contributed by atoms with Gasteiger partial charge in [0.05, 0.1) is 12.7 Å². The molecule has 95 valence electrons. The van der Waals surface area contributed by atoms with Crippen LogP contribution >= 0.6 is 0 Å². The predicted octanol–water partition coefficient (Wildman–Crippen LogP) is 2.52. The quantitative estimate of drug-likeness (QED) is 0.680. The molecule has 1 rings (SSSR count). The summed E-state index contributed by atoms with van der Waals surface area (Å²) >= 11 is 0. The normalized spacial score (nSPS) is 12.6. The monoisotopic (exact) mass is 235 g/mol. The summed E-state index contributed by atoms with van der Waals surface area (Å²) in [6.07, 6.45) is 5.69. The van der Waals surface area contributed by atoms with Crippen LogP contribution in [0, 0.1) is 6.92 Å². The van der Waals surface area contributed by atoms with E-state index < -0.39 is 6.10 Å². The summed E-state index contributed by atoms with van der Waals surface area (Å²) in [5.74, 6) is 0. The highest BCUT2D eigenvalue weighted by atomic mass is 16.3. The number of aliphatic hydroxyl groups is 2. The number of aliphatic hydroxyl groups excluding tert-OH is 2. The van der Waals surface area contributed by atoms with Gasteiger partial charge < -0.3 is 10.2 Å². The van der Waals surface area contributed by atoms with E-state index in [0.29, 0.717) is 6.42 Å². The Morgan fingerprint density at radius 2 is 1.65 bits per heavy atom. The number of aryl methyl sites for hydroxylation is 1. The second-order valence-electron chi connectivity index (χ2n) is 4.52. The first-order valence-corrected chi connectivity index (χ1v) is 6.42. The maximum absolute atomic E-state index is 9.33. The van der Waals surface area contributed by atoms with Crippen molar-refractivity contribution in [3.8, 4) is 0 Å². The van der Waals surface area contributed by atoms with E-state index in [1.54, 1.807) is 0 Å². The van der Waals surface area contributed by atoms with Crippen molar-refractivity contribution < 1.29 is 10.2 Å². The molecule has 2 nitrogen and oxygen atoms in total. The Bertz CT molecular complexity index is 292. The Labute approximate surface area is 104 Å². The van der Waals surface area contributed by atoms with Gasteiger partial charge in [-0.15, -0.1) is 0 Å². The van der Waals surface area contributed by atoms with Gasteiger partial charge >= 0.3 is 0 Å². The summed E-state index contributed by atoms with van der Waals surface area (Å²) < 4.78 is 0. The Morgan fingerprint density at radius 1 is 1.00 bits per heavy atom. The van der Waals surface area contributed by atoms with E-state index >= 15 is 0 Å². The number of hydrogen-bond donors (Lipinski definition) is 2. The zero-order valence-corrected chi connectivity index (χ0v) is 10.4. The van der Waals surface area contributed by atoms with Gasteiger partial charge in [0.2, 0.25) is 0 Å². The van der Waals surface area contributed by atoms with Crippen LogP contribution < -0.4 is 0 Å². The maximum atomic E-state index is 9.33. The first-order valence-electron chi connectivity index (χ1n) is 6.42. The first kappa shape index (κ1) is 14.2. The highest BCUT2D eigenvalue weighted by molar-refractivity contribution is 5.23. The first-order chi connectivity index (χ1) is 8.26. The van der Waals surface area contributed by atoms with Crippen LogP contribution in [0.4, 0.5) is 0 Å². The van der Waals surface area contributed by atoms with Crippen LogP contribution in [-0.2, 0) is 12.8 Å². The smallest absolute Gasteiger partial charge is 0.0811 e. The Balaban J connectivity index is 2.34. The molecule has 2 N–H and O–H groups in total. The van der Waals surface area contributed by atoms with Crippen LogP contribution in [0.3, 0.4) is 0 Å². The van der Waals surface area contributed by atoms with E-state index in [-0.39, 0.29) is 6.61 Å². The Hall–Kier alpha value is -0.860. The average molecular weight is 235 g/mol. The number of hydrogen-bond acceptors (Lipinski definition) is 2. The largest absolute Gasteiger partial charge is 0.394 e. The van der Waals surface area contributed by atoms with Crippen LogP contribution in [0.15, 0.2) is 24.3 Å². The van der Waals surface area contributed by atoms with E-state index in [1.165, 1.54) is 24.8 Å². The highest BCUT2D eigenvalue weighted by Crippen LogP contribution is 2.11. The molecule has 2 heteroatoms. The van der Waals surface area contributed by atoms with E-state index in [1.807, 2.05) is 12.1 Å². The predicted molar refractivity (Wildman–Crippen MR) is 70.8 cm³/mol. The summed E-state index contributed by atoms with van der Waals surface area (Å²) in [6.45, 7) is 3.66. The SMILES string of the molecule is [CH2]CCCCCc1ccc(CC(O)CO)cc1. The number of unbranched alkanes of at least 4 members (excludes halogenated alkanes) is 3. The highest BCUT2D eigenvalue weighted by Gasteiger charge is 2.03. The Morgan fingerprint density at radius 3 is 2.24 bits per heavy atom. The van der Waals surface area contributed by atoms with Gasteiger partial charge in [-0.1, -0.05) is 50.5 Å². The molecule has 0 amide bonds. The summed E-state index contributed by atoms with van der Waals surface area (Å²) in [6, 6.07) is 8.30. The van der Waals surface area contributed by atoms with E-state index in [9.17, 15) is 5.11 Å². The van der Waals surface area contributed by atoms with E-state index in [2.05, 4.69) is 19.1 Å². The summed E-state index contributed by atoms with van der Waals surface area (Å²) in [4.78, 5) is 0. The third kappa shape index (κ3) is 5.85. The molecule has 1 radical (unpaired) electrons. The zero-order chi connectivity index (χ0) is 12.5. The van der Waals surface area contributed by atoms with Crippen molar-refractivity contribution in [3.63, 3.8) is 0 Å². The molecule has 0 fully saturated rings. The van der Waals surface area contributed by atoms with Crippen molar-refractivity contribution in [3.05, 3.63) is 42.3 Å². The van der Waals surface area contributed by atoms with Gasteiger partial charge in [-0.05, 0) is 24.0 Å². The minimum atomic E-state index is -0.641. The molecule has 0 aliphatic heterocycles. The van der Waals surface area contributed by atoms with Crippen molar-refractivity contribution in [1.29, 1.82) is 0 Å². The molecule has 0 spiro atoms. The van der Waals surface area contributed by atoms with Gasteiger partial charge in [0.25, 0.3) is 0 Å². The molecule has 0 saturated carbocycles. The molecule has 1 unspecified atom stereocenters. The molecule has 1 atom stereocenters. The van der Waals surface area contributed by atoms with E-state index in [0.717, 1.165) is 18.4 Å². The molecular weight excluding hydrogens is 212 g/mol. The molecule has 0 aliphatic carbocycles. The molecule has 1 aromatic carbocycles. The van der Waals surface area contributed by atoms with Crippen LogP contribution in [0.1, 0.15) is 36.8 Å². The van der Waals surface area contributed by atoms with Gasteiger partial charge in [-0.2, -0.15) is 0 Å². The summed E-state index contributed by atoms with van der Waals surface area (Å²) in [7, 11) is 0. The minimum Gasteiger partial charge on any atom is -0.394 e. The van der Waals surface area contributed by atoms with Crippen molar-refractivity contribution >= 4 is 0 Å². The Kier molecular flexibility index (Phi) is 6.90. The van der Waals surface area contributed by atoms with Crippen molar-refractivity contribution in [2.45, 2.75) is 44.6 Å². The van der Waals surface area contributed by atoms with Gasteiger partial charge in [0.15, 0.2) is 0 Å². The van der Waals surface area contributed by atoms with Gasteiger partial charge in [-0.25, -0.2) is 0 Å². The van der Waals surface area contributed by atoms with Gasteiger partial charge in [0, 0.05) is 6.42 Å². The summed E-state index contributed by atoms with van der Waals surface area (Å²) in [5, 5.41) is 18.1. The van der Waals surface area contributed by atoms with Crippen LogP contribution in [-0.4, -0.2) is 22.9 Å². The molecule has 0 saturated heterocycles. The third-order valence-electron chi connectivity index (χ3n) is 2.92. The second-order valence-corrected chi connectivity index (χ2v) is 4.52. The van der Waals surface area contributed by atoms with Crippen LogP contribution in [0.2, 0.25) is 0 Å². The van der Waals surface area contributed by atoms with Crippen molar-refractivity contribution in [2.75, 3.05) is 6.61 Å². The third-order valence-corrected chi connectivity index (χ3v) is 2.92. The number of benzene rings is 1. The minimum absolute atomic E-state index is 0.174. The lowest BCUT2D eigenvalue weighted by Crippen LogP contribution is -2.14. The standard InChI is InChI=1S/C15H23O2/c1-2-3-4-5-6-13-7-9-14(10-8-13)11-15(17)12-16/h7-10,15-17H,1-6,11-12H2. The fourth-order valence-corrected chi connectivity index (χ4v) is 1.86. The van der Waals surface area contributed by atoms with Gasteiger partial charge in [-0.3, -0.25) is 0 Å². The lowest BCUT2D eigenvalue weighted by atomic mass is 10.0. The fraction of sp³-hybridized carbons (Fsp3) is 0.533. The van der Waals surface area contributed by atoms with E-state index in [4.69, 9.17) is 5.11 Å². The second kappa shape index (κ2) is 8.26. The fourth-order valence-electron chi connectivity index (χ4n) is 1.86. The van der Waals surface area contributed by atoms with Crippen molar-refractivity contribution in [2.24, 2.45) is 0 Å². The molecule has 0 aliphatic rings. The zero-order valence-electron chi connectivity index (χ0n) is 10.4. The molecule has 1 aromatic rings. The molecule has 0 bridgehead atoms. The maximum Gasteiger partial charge on any atom is 0.0811 e. The molecule has 0 aromatic heterocycles. The van der Waals surface area contributed by atoms with Crippen LogP contribution in [0.5, 0.6) is 0 Å². The lowest BCUT2D eigenvalue weighted by molar-refractivity contribution is 0.0955. The topological polar surface area (TPSA) is 40.5 Å². The number of rotatable bonds is 8. The lowest BCUT2D eigenvalue weighted by Gasteiger charge is -2.08. The van der Waals surface area contributed by atoms with Crippen LogP contribution in [0.25, 0.3) is 0 Å². The van der Waals surface area contributed by atoms with Crippen molar-refractivity contribution in [1.82, 2.24) is 0 Å². The molecule has 0 heterocycles. The summed E-state index contributed by atoms with van der Waals surface area (Å²) in [5.41, 5.74) is 2.42. The molecular formula is C15H23O2.